The minimum Gasteiger partial charge on any atom is -0.491 e. The van der Waals surface area contributed by atoms with Gasteiger partial charge in [-0.25, -0.2) is 0 Å². The summed E-state index contributed by atoms with van der Waals surface area (Å²) in [6.45, 7) is 10.2. The Balaban J connectivity index is 1.87. The first kappa shape index (κ1) is 19.2. The smallest absolute Gasteiger partial charge is 0.217 e. The Morgan fingerprint density at radius 3 is 2.81 bits per heavy atom. The van der Waals surface area contributed by atoms with Gasteiger partial charge in [-0.1, -0.05) is 25.5 Å². The van der Waals surface area contributed by atoms with Gasteiger partial charge in [0, 0.05) is 24.8 Å². The van der Waals surface area contributed by atoms with Gasteiger partial charge in [0.25, 0.3) is 0 Å². The first-order chi connectivity index (χ1) is 12.3. The number of rotatable bonds is 4. The zero-order chi connectivity index (χ0) is 18.9. The van der Waals surface area contributed by atoms with E-state index in [2.05, 4.69) is 31.3 Å². The lowest BCUT2D eigenvalue weighted by molar-refractivity contribution is -0.153. The molecule has 1 aromatic rings. The van der Waals surface area contributed by atoms with Gasteiger partial charge in [0.2, 0.25) is 5.91 Å². The van der Waals surface area contributed by atoms with Crippen molar-refractivity contribution in [3.63, 3.8) is 0 Å². The summed E-state index contributed by atoms with van der Waals surface area (Å²) in [6, 6.07) is 8.22. The third-order valence-electron chi connectivity index (χ3n) is 5.88. The maximum Gasteiger partial charge on any atom is 0.217 e. The predicted molar refractivity (Wildman–Crippen MR) is 103 cm³/mol. The topological polar surface area (TPSA) is 47.6 Å². The van der Waals surface area contributed by atoms with E-state index in [1.54, 1.807) is 6.92 Å². The number of ether oxygens (including phenoxy) is 2. The molecular weight excluding hydrogens is 326 g/mol. The molecule has 1 aliphatic heterocycles. The van der Waals surface area contributed by atoms with E-state index in [4.69, 9.17) is 9.47 Å². The molecule has 26 heavy (non-hydrogen) atoms. The summed E-state index contributed by atoms with van der Waals surface area (Å²) in [5, 5.41) is 3.27. The largest absolute Gasteiger partial charge is 0.491 e. The van der Waals surface area contributed by atoms with Crippen molar-refractivity contribution in [2.75, 3.05) is 0 Å². The van der Waals surface area contributed by atoms with E-state index in [-0.39, 0.29) is 29.8 Å². The highest BCUT2D eigenvalue weighted by molar-refractivity contribution is 5.73. The normalized spacial score (nSPS) is 34.2. The fraction of sp³-hybridized carbons (Fsp3) is 0.682. The quantitative estimate of drug-likeness (QED) is 0.852. The fourth-order valence-corrected chi connectivity index (χ4v) is 4.81. The monoisotopic (exact) mass is 359 g/mol. The molecule has 0 aromatic heterocycles. The van der Waals surface area contributed by atoms with Crippen molar-refractivity contribution in [3.05, 3.63) is 29.8 Å². The molecule has 1 aliphatic carbocycles. The number of nitrogens with one attached hydrogen (secondary N) is 1. The molecule has 1 saturated carbocycles. The lowest BCUT2D eigenvalue weighted by atomic mass is 9.66. The number of fused-ring (bicyclic) bond motifs is 1. The number of benzene rings is 1. The lowest BCUT2D eigenvalue weighted by Crippen LogP contribution is -2.60. The van der Waals surface area contributed by atoms with Crippen molar-refractivity contribution in [1.29, 1.82) is 0 Å². The molecule has 0 unspecified atom stereocenters. The van der Waals surface area contributed by atoms with Crippen LogP contribution in [0.25, 0.3) is 0 Å². The highest BCUT2D eigenvalue weighted by Gasteiger charge is 2.49. The van der Waals surface area contributed by atoms with Crippen LogP contribution in [-0.2, 0) is 9.53 Å². The molecule has 3 rings (SSSR count). The van der Waals surface area contributed by atoms with Gasteiger partial charge in [0.1, 0.15) is 5.75 Å². The van der Waals surface area contributed by atoms with Gasteiger partial charge in [0.05, 0.1) is 18.3 Å². The van der Waals surface area contributed by atoms with E-state index in [1.165, 1.54) is 6.42 Å². The summed E-state index contributed by atoms with van der Waals surface area (Å²) in [5.74, 6) is 1.98. The third kappa shape index (κ3) is 4.22. The van der Waals surface area contributed by atoms with Gasteiger partial charge in [-0.15, -0.1) is 0 Å². The van der Waals surface area contributed by atoms with Crippen LogP contribution in [0.15, 0.2) is 24.3 Å². The highest BCUT2D eigenvalue weighted by atomic mass is 16.5. The number of carbonyl (C=O) groups excluding carboxylic acids is 1. The molecule has 1 saturated heterocycles. The first-order valence-electron chi connectivity index (χ1n) is 9.97. The average molecular weight is 360 g/mol. The van der Waals surface area contributed by atoms with E-state index in [9.17, 15) is 4.79 Å². The number of amides is 1. The van der Waals surface area contributed by atoms with Crippen molar-refractivity contribution in [3.8, 4) is 5.75 Å². The van der Waals surface area contributed by atoms with Crippen molar-refractivity contribution in [1.82, 2.24) is 5.32 Å². The lowest BCUT2D eigenvalue weighted by Gasteiger charge is -2.52. The van der Waals surface area contributed by atoms with Crippen molar-refractivity contribution < 1.29 is 14.3 Å². The molecule has 2 fully saturated rings. The van der Waals surface area contributed by atoms with Gasteiger partial charge in [-0.3, -0.25) is 4.79 Å². The van der Waals surface area contributed by atoms with Crippen molar-refractivity contribution in [2.45, 2.75) is 84.2 Å². The second-order valence-corrected chi connectivity index (χ2v) is 8.73. The molecule has 1 amide bonds. The molecule has 0 radical (unpaired) electrons. The van der Waals surface area contributed by atoms with E-state index >= 15 is 0 Å². The van der Waals surface area contributed by atoms with Crippen LogP contribution in [0.4, 0.5) is 0 Å². The second kappa shape index (κ2) is 7.59. The Bertz CT molecular complexity index is 644. The molecule has 1 aromatic carbocycles. The molecule has 4 nitrogen and oxygen atoms in total. The van der Waals surface area contributed by atoms with Gasteiger partial charge in [-0.2, -0.15) is 0 Å². The Hall–Kier alpha value is -1.55. The zero-order valence-corrected chi connectivity index (χ0v) is 16.7. The minimum atomic E-state index is -0.228. The van der Waals surface area contributed by atoms with Gasteiger partial charge < -0.3 is 14.8 Å². The SMILES string of the molecule is CC(=O)N[C@@]1(C)C[C@H](c2cccc(OC(C)C)c2)O[C@@H]2C[C@H](C)CC[C@H]21. The van der Waals surface area contributed by atoms with Crippen molar-refractivity contribution in [2.24, 2.45) is 11.8 Å². The van der Waals surface area contributed by atoms with Gasteiger partial charge in [0.15, 0.2) is 0 Å². The summed E-state index contributed by atoms with van der Waals surface area (Å²) in [7, 11) is 0. The number of carbonyl (C=O) groups is 1. The molecule has 0 bridgehead atoms. The van der Waals surface area contributed by atoms with Crippen LogP contribution in [0, 0.1) is 11.8 Å². The van der Waals surface area contributed by atoms with E-state index in [0.717, 1.165) is 30.6 Å². The van der Waals surface area contributed by atoms with Crippen molar-refractivity contribution >= 4 is 5.91 Å². The van der Waals surface area contributed by atoms with Crippen LogP contribution in [0.5, 0.6) is 5.75 Å². The molecule has 0 spiro atoms. The van der Waals surface area contributed by atoms with Crippen LogP contribution in [0.1, 0.15) is 72.0 Å². The molecule has 1 N–H and O–H groups in total. The van der Waals surface area contributed by atoms with Crippen LogP contribution in [0.3, 0.4) is 0 Å². The minimum absolute atomic E-state index is 0.0193. The molecule has 2 aliphatic rings. The number of hydrogen-bond donors (Lipinski definition) is 1. The Morgan fingerprint density at radius 1 is 1.35 bits per heavy atom. The zero-order valence-electron chi connectivity index (χ0n) is 16.7. The van der Waals surface area contributed by atoms with Crippen LogP contribution in [0.2, 0.25) is 0 Å². The first-order valence-corrected chi connectivity index (χ1v) is 9.97. The summed E-state index contributed by atoms with van der Waals surface area (Å²) in [4.78, 5) is 11.9. The van der Waals surface area contributed by atoms with Gasteiger partial charge >= 0.3 is 0 Å². The molecule has 1 heterocycles. The van der Waals surface area contributed by atoms with Crippen LogP contribution < -0.4 is 10.1 Å². The van der Waals surface area contributed by atoms with E-state index in [0.29, 0.717) is 11.8 Å². The molecular formula is C22H33NO3. The highest BCUT2D eigenvalue weighted by Crippen LogP contribution is 2.48. The summed E-state index contributed by atoms with van der Waals surface area (Å²) in [6.07, 6.45) is 4.52. The summed E-state index contributed by atoms with van der Waals surface area (Å²) < 4.78 is 12.4. The van der Waals surface area contributed by atoms with Gasteiger partial charge in [-0.05, 0) is 57.2 Å². The third-order valence-corrected chi connectivity index (χ3v) is 5.88. The maximum absolute atomic E-state index is 11.9. The van der Waals surface area contributed by atoms with E-state index < -0.39 is 0 Å². The summed E-state index contributed by atoms with van der Waals surface area (Å²) >= 11 is 0. The Kier molecular flexibility index (Phi) is 5.61. The predicted octanol–water partition coefficient (Wildman–Crippen LogP) is 4.63. The van der Waals surface area contributed by atoms with Crippen LogP contribution in [-0.4, -0.2) is 23.7 Å². The Labute approximate surface area is 157 Å². The fourth-order valence-electron chi connectivity index (χ4n) is 4.81. The average Bonchev–Trinajstić information content (AvgIpc) is 2.53. The summed E-state index contributed by atoms with van der Waals surface area (Å²) in [5.41, 5.74) is 0.908. The maximum atomic E-state index is 11.9. The van der Waals surface area contributed by atoms with Crippen LogP contribution >= 0.6 is 0 Å². The Morgan fingerprint density at radius 2 is 2.12 bits per heavy atom. The second-order valence-electron chi connectivity index (χ2n) is 8.73. The molecule has 4 heteroatoms. The molecule has 144 valence electrons. The molecule has 5 atom stereocenters. The number of hydrogen-bond acceptors (Lipinski definition) is 3. The van der Waals surface area contributed by atoms with E-state index in [1.807, 2.05) is 26.0 Å². The standard InChI is InChI=1S/C22H33NO3/c1-14(2)25-18-8-6-7-17(12-18)21-13-22(5,23-16(4)24)19-10-9-15(3)11-20(19)26-21/h6-8,12,14-15,19-21H,9-11,13H2,1-5H3,(H,23,24)/t15-,19-,20-,21-,22+/m1/s1.